The van der Waals surface area contributed by atoms with E-state index < -0.39 is 6.04 Å². The summed E-state index contributed by atoms with van der Waals surface area (Å²) in [6, 6.07) is 6.79. The summed E-state index contributed by atoms with van der Waals surface area (Å²) in [5.74, 6) is -0.178. The molecule has 3 nitrogen and oxygen atoms in total. The van der Waals surface area contributed by atoms with E-state index >= 15 is 0 Å². The number of hydrogen-bond acceptors (Lipinski definition) is 2. The fourth-order valence-electron chi connectivity index (χ4n) is 1.25. The predicted octanol–water partition coefficient (Wildman–Crippen LogP) is 1.86. The minimum absolute atomic E-state index is 0.128. The van der Waals surface area contributed by atoms with Gasteiger partial charge in [0.15, 0.2) is 0 Å². The fourth-order valence-corrected chi connectivity index (χ4v) is 1.55. The Morgan fingerprint density at radius 3 is 2.53 bits per heavy atom. The molecule has 0 fully saturated rings. The first-order valence-corrected chi connectivity index (χ1v) is 5.20. The molecule has 0 aliphatic rings. The Morgan fingerprint density at radius 2 is 2.00 bits per heavy atom. The summed E-state index contributed by atoms with van der Waals surface area (Å²) < 4.78 is 0. The zero-order valence-corrected chi connectivity index (χ0v) is 9.58. The van der Waals surface area contributed by atoms with Crippen molar-refractivity contribution in [1.29, 1.82) is 0 Å². The summed E-state index contributed by atoms with van der Waals surface area (Å²) in [4.78, 5) is 11.4. The van der Waals surface area contributed by atoms with Gasteiger partial charge in [0.1, 0.15) is 0 Å². The second kappa shape index (κ2) is 5.14. The van der Waals surface area contributed by atoms with Crippen LogP contribution in [0.1, 0.15) is 25.5 Å². The van der Waals surface area contributed by atoms with E-state index in [1.807, 2.05) is 25.1 Å². The Bertz CT molecular complexity index is 352. The first kappa shape index (κ1) is 12.0. The molecule has 82 valence electrons. The molecular weight excluding hydrogens is 212 g/mol. The molecule has 1 amide bonds. The molecule has 0 saturated carbocycles. The van der Waals surface area contributed by atoms with E-state index in [-0.39, 0.29) is 11.9 Å². The fraction of sp³-hybridized carbons (Fsp3) is 0.364. The highest BCUT2D eigenvalue weighted by molar-refractivity contribution is 6.31. The molecule has 2 atom stereocenters. The molecule has 0 heterocycles. The minimum atomic E-state index is -0.505. The molecule has 1 aromatic rings. The lowest BCUT2D eigenvalue weighted by atomic mass is 10.1. The van der Waals surface area contributed by atoms with Crippen molar-refractivity contribution in [3.8, 4) is 0 Å². The molecular formula is C11H15ClN2O. The van der Waals surface area contributed by atoms with Gasteiger partial charge in [0.05, 0.1) is 12.1 Å². The second-order valence-electron chi connectivity index (χ2n) is 3.54. The highest BCUT2D eigenvalue weighted by Crippen LogP contribution is 2.21. The number of carbonyl (C=O) groups is 1. The molecule has 4 heteroatoms. The van der Waals surface area contributed by atoms with E-state index in [4.69, 9.17) is 17.3 Å². The van der Waals surface area contributed by atoms with Gasteiger partial charge in [-0.2, -0.15) is 0 Å². The Balaban J connectivity index is 2.73. The molecule has 1 aromatic carbocycles. The average molecular weight is 227 g/mol. The third-order valence-corrected chi connectivity index (χ3v) is 2.49. The van der Waals surface area contributed by atoms with E-state index in [1.165, 1.54) is 0 Å². The summed E-state index contributed by atoms with van der Waals surface area (Å²) in [5.41, 5.74) is 6.35. The van der Waals surface area contributed by atoms with Crippen molar-refractivity contribution in [2.45, 2.75) is 25.9 Å². The van der Waals surface area contributed by atoms with Crippen LogP contribution in [0.25, 0.3) is 0 Å². The van der Waals surface area contributed by atoms with Crippen molar-refractivity contribution in [2.75, 3.05) is 0 Å². The van der Waals surface area contributed by atoms with Gasteiger partial charge in [0.2, 0.25) is 5.91 Å². The van der Waals surface area contributed by atoms with Gasteiger partial charge in [-0.15, -0.1) is 0 Å². The van der Waals surface area contributed by atoms with E-state index in [0.717, 1.165) is 5.56 Å². The Morgan fingerprint density at radius 1 is 1.40 bits per heavy atom. The van der Waals surface area contributed by atoms with Crippen molar-refractivity contribution < 1.29 is 4.79 Å². The number of carbonyl (C=O) groups excluding carboxylic acids is 1. The van der Waals surface area contributed by atoms with Crippen LogP contribution in [0, 0.1) is 0 Å². The summed E-state index contributed by atoms with van der Waals surface area (Å²) in [6.07, 6.45) is 0. The van der Waals surface area contributed by atoms with E-state index in [2.05, 4.69) is 5.32 Å². The minimum Gasteiger partial charge on any atom is -0.348 e. The molecule has 15 heavy (non-hydrogen) atoms. The number of rotatable bonds is 3. The first-order valence-electron chi connectivity index (χ1n) is 4.82. The van der Waals surface area contributed by atoms with Gasteiger partial charge in [-0.1, -0.05) is 29.8 Å². The number of halogens is 1. The van der Waals surface area contributed by atoms with E-state index in [1.54, 1.807) is 13.0 Å². The van der Waals surface area contributed by atoms with Gasteiger partial charge in [0.25, 0.3) is 0 Å². The molecule has 0 aromatic heterocycles. The van der Waals surface area contributed by atoms with Crippen LogP contribution in [0.5, 0.6) is 0 Å². The van der Waals surface area contributed by atoms with Crippen LogP contribution in [0.15, 0.2) is 24.3 Å². The van der Waals surface area contributed by atoms with Gasteiger partial charge in [-0.3, -0.25) is 4.79 Å². The van der Waals surface area contributed by atoms with Crippen molar-refractivity contribution in [1.82, 2.24) is 5.32 Å². The maximum atomic E-state index is 11.4. The number of nitrogens with one attached hydrogen (secondary N) is 1. The van der Waals surface area contributed by atoms with Crippen LogP contribution >= 0.6 is 11.6 Å². The standard InChI is InChI=1S/C11H15ClN2O/c1-7(13)11(15)14-8(2)9-5-3-4-6-10(9)12/h3-8H,13H2,1-2H3,(H,14,15)/t7-,8-/m0/s1. The predicted molar refractivity (Wildman–Crippen MR) is 61.7 cm³/mol. The highest BCUT2D eigenvalue weighted by Gasteiger charge is 2.14. The van der Waals surface area contributed by atoms with Crippen molar-refractivity contribution in [3.63, 3.8) is 0 Å². The van der Waals surface area contributed by atoms with Crippen LogP contribution in [0.4, 0.5) is 0 Å². The normalized spacial score (nSPS) is 14.4. The molecule has 0 radical (unpaired) electrons. The van der Waals surface area contributed by atoms with Gasteiger partial charge in [-0.25, -0.2) is 0 Å². The van der Waals surface area contributed by atoms with E-state index in [0.29, 0.717) is 5.02 Å². The summed E-state index contributed by atoms with van der Waals surface area (Å²) in [6.45, 7) is 3.52. The molecule has 0 aliphatic heterocycles. The molecule has 0 unspecified atom stereocenters. The van der Waals surface area contributed by atoms with Gasteiger partial charge >= 0.3 is 0 Å². The quantitative estimate of drug-likeness (QED) is 0.827. The van der Waals surface area contributed by atoms with Gasteiger partial charge < -0.3 is 11.1 Å². The van der Waals surface area contributed by atoms with Crippen LogP contribution in [0.3, 0.4) is 0 Å². The molecule has 0 saturated heterocycles. The van der Waals surface area contributed by atoms with Gasteiger partial charge in [0, 0.05) is 5.02 Å². The SMILES string of the molecule is C[C@H](N)C(=O)N[C@@H](C)c1ccccc1Cl. The van der Waals surface area contributed by atoms with Crippen molar-refractivity contribution in [3.05, 3.63) is 34.9 Å². The van der Waals surface area contributed by atoms with Crippen molar-refractivity contribution >= 4 is 17.5 Å². The monoisotopic (exact) mass is 226 g/mol. The lowest BCUT2D eigenvalue weighted by Gasteiger charge is -2.16. The maximum Gasteiger partial charge on any atom is 0.237 e. The Kier molecular flexibility index (Phi) is 4.12. The van der Waals surface area contributed by atoms with Gasteiger partial charge in [-0.05, 0) is 25.5 Å². The number of benzene rings is 1. The lowest BCUT2D eigenvalue weighted by Crippen LogP contribution is -2.39. The zero-order chi connectivity index (χ0) is 11.4. The molecule has 0 spiro atoms. The summed E-state index contributed by atoms with van der Waals surface area (Å²) in [7, 11) is 0. The number of nitrogens with two attached hydrogens (primary N) is 1. The lowest BCUT2D eigenvalue weighted by molar-refractivity contribution is -0.122. The Labute approximate surface area is 94.6 Å². The molecule has 3 N–H and O–H groups in total. The zero-order valence-electron chi connectivity index (χ0n) is 8.83. The Hall–Kier alpha value is -1.06. The van der Waals surface area contributed by atoms with Crippen molar-refractivity contribution in [2.24, 2.45) is 5.73 Å². The van der Waals surface area contributed by atoms with Crippen LogP contribution in [-0.2, 0) is 4.79 Å². The smallest absolute Gasteiger partial charge is 0.237 e. The summed E-state index contributed by atoms with van der Waals surface area (Å²) in [5, 5.41) is 3.44. The largest absolute Gasteiger partial charge is 0.348 e. The van der Waals surface area contributed by atoms with Crippen LogP contribution < -0.4 is 11.1 Å². The maximum absolute atomic E-state index is 11.4. The number of hydrogen-bond donors (Lipinski definition) is 2. The van der Waals surface area contributed by atoms with Crippen LogP contribution in [0.2, 0.25) is 5.02 Å². The summed E-state index contributed by atoms with van der Waals surface area (Å²) >= 11 is 6.00. The van der Waals surface area contributed by atoms with Crippen LogP contribution in [-0.4, -0.2) is 11.9 Å². The second-order valence-corrected chi connectivity index (χ2v) is 3.95. The topological polar surface area (TPSA) is 55.1 Å². The third kappa shape index (κ3) is 3.22. The molecule has 0 aliphatic carbocycles. The average Bonchev–Trinajstić information content (AvgIpc) is 2.18. The number of amides is 1. The van der Waals surface area contributed by atoms with E-state index in [9.17, 15) is 4.79 Å². The third-order valence-electron chi connectivity index (χ3n) is 2.14. The highest BCUT2D eigenvalue weighted by atomic mass is 35.5. The molecule has 0 bridgehead atoms. The molecule has 1 rings (SSSR count). The first-order chi connectivity index (χ1) is 7.02.